The van der Waals surface area contributed by atoms with Crippen LogP contribution in [-0.2, 0) is 4.79 Å². The van der Waals surface area contributed by atoms with Crippen molar-refractivity contribution in [2.24, 2.45) is 0 Å². The minimum Gasteiger partial charge on any atom is -0.327 e. The molecule has 0 aliphatic carbocycles. The number of hydrogen-bond donors (Lipinski definition) is 1. The Balaban J connectivity index is 1.54. The molecule has 28 heavy (non-hydrogen) atoms. The third-order valence-electron chi connectivity index (χ3n) is 5.02. The number of para-hydroxylation sites is 1. The van der Waals surface area contributed by atoms with E-state index in [1.807, 2.05) is 55.6 Å². The number of thioether (sulfide) groups is 1. The summed E-state index contributed by atoms with van der Waals surface area (Å²) in [7, 11) is 0. The number of amides is 2. The second-order valence-corrected chi connectivity index (χ2v) is 8.72. The number of aromatic nitrogens is 1. The van der Waals surface area contributed by atoms with E-state index in [0.717, 1.165) is 27.1 Å². The average molecular weight is 412 g/mol. The van der Waals surface area contributed by atoms with Gasteiger partial charge in [-0.15, -0.1) is 11.8 Å². The number of rotatable bonds is 4. The fourth-order valence-electron chi connectivity index (χ4n) is 3.51. The molecule has 0 bridgehead atoms. The van der Waals surface area contributed by atoms with Crippen molar-refractivity contribution >= 4 is 50.3 Å². The Labute approximate surface area is 172 Å². The van der Waals surface area contributed by atoms with Gasteiger partial charge in [-0.25, -0.2) is 4.98 Å². The molecule has 1 aromatic heterocycles. The molecule has 4 rings (SSSR count). The molecule has 1 saturated heterocycles. The predicted octanol–water partition coefficient (Wildman–Crippen LogP) is 4.57. The molecule has 2 amide bonds. The molecule has 1 atom stereocenters. The van der Waals surface area contributed by atoms with Crippen LogP contribution in [0.25, 0.3) is 10.2 Å². The number of carbonyl (C=O) groups excluding carboxylic acids is 2. The second kappa shape index (κ2) is 7.93. The van der Waals surface area contributed by atoms with Crippen molar-refractivity contribution in [1.29, 1.82) is 0 Å². The lowest BCUT2D eigenvalue weighted by molar-refractivity contribution is -0.119. The monoisotopic (exact) mass is 411 g/mol. The predicted molar refractivity (Wildman–Crippen MR) is 115 cm³/mol. The van der Waals surface area contributed by atoms with Crippen LogP contribution in [-0.4, -0.2) is 40.5 Å². The lowest BCUT2D eigenvalue weighted by Gasteiger charge is -2.24. The van der Waals surface area contributed by atoms with Crippen LogP contribution in [0.5, 0.6) is 0 Å². The van der Waals surface area contributed by atoms with Crippen molar-refractivity contribution in [3.8, 4) is 0 Å². The molecule has 5 nitrogen and oxygen atoms in total. The van der Waals surface area contributed by atoms with Crippen LogP contribution in [0, 0.1) is 6.92 Å². The van der Waals surface area contributed by atoms with Gasteiger partial charge in [0.05, 0.1) is 10.2 Å². The van der Waals surface area contributed by atoms with Crippen LogP contribution < -0.4 is 5.32 Å². The van der Waals surface area contributed by atoms with Crippen molar-refractivity contribution in [3.63, 3.8) is 0 Å². The van der Waals surface area contributed by atoms with Crippen LogP contribution in [0.15, 0.2) is 47.4 Å². The van der Waals surface area contributed by atoms with Crippen LogP contribution in [0.3, 0.4) is 0 Å². The van der Waals surface area contributed by atoms with Gasteiger partial charge in [0.2, 0.25) is 5.91 Å². The Kier molecular flexibility index (Phi) is 5.37. The number of carbonyl (C=O) groups is 2. The van der Waals surface area contributed by atoms with E-state index in [1.165, 1.54) is 11.3 Å². The smallest absolute Gasteiger partial charge is 0.254 e. The number of likely N-dealkylation sites (tertiary alicyclic amines) is 1. The molecule has 144 valence electrons. The summed E-state index contributed by atoms with van der Waals surface area (Å²) in [6.07, 6.45) is 3.48. The van der Waals surface area contributed by atoms with E-state index in [-0.39, 0.29) is 11.8 Å². The maximum Gasteiger partial charge on any atom is 0.254 e. The summed E-state index contributed by atoms with van der Waals surface area (Å²) in [6.45, 7) is 2.53. The van der Waals surface area contributed by atoms with Crippen molar-refractivity contribution in [2.75, 3.05) is 18.1 Å². The maximum atomic E-state index is 13.2. The molecular weight excluding hydrogens is 390 g/mol. The molecule has 1 fully saturated rings. The topological polar surface area (TPSA) is 62.3 Å². The number of fused-ring (bicyclic) bond motifs is 1. The third kappa shape index (κ3) is 3.64. The van der Waals surface area contributed by atoms with E-state index in [0.29, 0.717) is 23.7 Å². The molecule has 1 aliphatic rings. The largest absolute Gasteiger partial charge is 0.327 e. The molecule has 2 aromatic carbocycles. The lowest BCUT2D eigenvalue weighted by Crippen LogP contribution is -2.43. The molecule has 1 N–H and O–H groups in total. The van der Waals surface area contributed by atoms with Crippen LogP contribution in [0.1, 0.15) is 28.8 Å². The summed E-state index contributed by atoms with van der Waals surface area (Å²) >= 11 is 3.05. The molecule has 2 heterocycles. The van der Waals surface area contributed by atoms with Gasteiger partial charge in [-0.3, -0.25) is 9.59 Å². The Morgan fingerprint density at radius 2 is 2.07 bits per heavy atom. The molecule has 1 aliphatic heterocycles. The van der Waals surface area contributed by atoms with Gasteiger partial charge < -0.3 is 10.2 Å². The van der Waals surface area contributed by atoms with E-state index in [2.05, 4.69) is 10.3 Å². The summed E-state index contributed by atoms with van der Waals surface area (Å²) in [5, 5.41) is 3.49. The van der Waals surface area contributed by atoms with Gasteiger partial charge in [-0.1, -0.05) is 29.5 Å². The first-order valence-electron chi connectivity index (χ1n) is 9.19. The van der Waals surface area contributed by atoms with Gasteiger partial charge in [-0.05, 0) is 55.9 Å². The first kappa shape index (κ1) is 19.0. The second-order valence-electron chi connectivity index (χ2n) is 6.81. The van der Waals surface area contributed by atoms with Crippen molar-refractivity contribution in [3.05, 3.63) is 53.6 Å². The zero-order valence-corrected chi connectivity index (χ0v) is 17.4. The highest BCUT2D eigenvalue weighted by atomic mass is 32.2. The molecule has 1 unspecified atom stereocenters. The van der Waals surface area contributed by atoms with E-state index in [4.69, 9.17) is 0 Å². The quantitative estimate of drug-likeness (QED) is 0.639. The van der Waals surface area contributed by atoms with Crippen LogP contribution in [0.2, 0.25) is 0 Å². The highest BCUT2D eigenvalue weighted by molar-refractivity contribution is 7.98. The number of anilines is 1. The number of aryl methyl sites for hydroxylation is 1. The van der Waals surface area contributed by atoms with Crippen LogP contribution in [0.4, 0.5) is 5.13 Å². The Morgan fingerprint density at radius 1 is 1.25 bits per heavy atom. The maximum absolute atomic E-state index is 13.2. The zero-order chi connectivity index (χ0) is 19.7. The fourth-order valence-corrected chi connectivity index (χ4v) is 4.82. The van der Waals surface area contributed by atoms with Gasteiger partial charge in [0.25, 0.3) is 5.91 Å². The third-order valence-corrected chi connectivity index (χ3v) is 6.69. The molecule has 0 saturated carbocycles. The number of hydrogen-bond acceptors (Lipinski definition) is 5. The van der Waals surface area contributed by atoms with Gasteiger partial charge in [0.1, 0.15) is 6.04 Å². The first-order chi connectivity index (χ1) is 13.6. The highest BCUT2D eigenvalue weighted by Gasteiger charge is 2.35. The lowest BCUT2D eigenvalue weighted by atomic mass is 10.1. The number of nitrogens with zero attached hydrogens (tertiary/aromatic N) is 2. The van der Waals surface area contributed by atoms with Gasteiger partial charge in [0, 0.05) is 17.0 Å². The van der Waals surface area contributed by atoms with E-state index in [9.17, 15) is 9.59 Å². The molecular formula is C21H21N3O2S2. The molecule has 0 spiro atoms. The number of nitrogens with one attached hydrogen (secondary N) is 1. The minimum absolute atomic E-state index is 0.0738. The van der Waals surface area contributed by atoms with Gasteiger partial charge in [-0.2, -0.15) is 0 Å². The molecule has 0 radical (unpaired) electrons. The van der Waals surface area contributed by atoms with Crippen molar-refractivity contribution in [1.82, 2.24) is 9.88 Å². The minimum atomic E-state index is -0.461. The van der Waals surface area contributed by atoms with E-state index >= 15 is 0 Å². The number of thiazole rings is 1. The number of benzene rings is 2. The first-order valence-corrected chi connectivity index (χ1v) is 11.2. The normalized spacial score (nSPS) is 16.5. The van der Waals surface area contributed by atoms with Crippen molar-refractivity contribution in [2.45, 2.75) is 30.7 Å². The van der Waals surface area contributed by atoms with E-state index in [1.54, 1.807) is 16.7 Å². The Bertz CT molecular complexity index is 1010. The van der Waals surface area contributed by atoms with E-state index < -0.39 is 6.04 Å². The van der Waals surface area contributed by atoms with Gasteiger partial charge in [0.15, 0.2) is 5.13 Å². The average Bonchev–Trinajstić information content (AvgIpc) is 3.34. The highest BCUT2D eigenvalue weighted by Crippen LogP contribution is 2.28. The summed E-state index contributed by atoms with van der Waals surface area (Å²) in [5.74, 6) is -0.237. The van der Waals surface area contributed by atoms with Crippen LogP contribution >= 0.6 is 23.1 Å². The summed E-state index contributed by atoms with van der Waals surface area (Å²) in [6, 6.07) is 13.2. The fraction of sp³-hybridized carbons (Fsp3) is 0.286. The summed E-state index contributed by atoms with van der Waals surface area (Å²) < 4.78 is 1.03. The van der Waals surface area contributed by atoms with Crippen molar-refractivity contribution < 1.29 is 9.59 Å². The molecule has 7 heteroatoms. The molecule has 3 aromatic rings. The summed E-state index contributed by atoms with van der Waals surface area (Å²) in [5.41, 5.74) is 2.47. The Morgan fingerprint density at radius 3 is 2.86 bits per heavy atom. The summed E-state index contributed by atoms with van der Waals surface area (Å²) in [4.78, 5) is 33.3. The SMILES string of the molecule is CSc1ccc(C)c(C(=O)N2CCCC2C(=O)Nc2nc3ccccc3s2)c1. The zero-order valence-electron chi connectivity index (χ0n) is 15.8. The Hall–Kier alpha value is -2.38. The van der Waals surface area contributed by atoms with Gasteiger partial charge >= 0.3 is 0 Å². The standard InChI is InChI=1S/C21H21N3O2S2/c1-13-9-10-14(27-2)12-15(13)20(26)24-11-5-7-17(24)19(25)23-21-22-16-6-3-4-8-18(16)28-21/h3-4,6,8-10,12,17H,5,7,11H2,1-2H3,(H,22,23,25).